The SMILES string of the molecule is CNC(Cc1cccs1)C1CSC(C)C(C)S1. The van der Waals surface area contributed by atoms with E-state index in [-0.39, 0.29) is 0 Å². The van der Waals surface area contributed by atoms with E-state index < -0.39 is 0 Å². The first-order valence-electron chi connectivity index (χ1n) is 6.17. The van der Waals surface area contributed by atoms with Crippen LogP contribution in [0.15, 0.2) is 17.5 Å². The van der Waals surface area contributed by atoms with E-state index in [2.05, 4.69) is 67.2 Å². The summed E-state index contributed by atoms with van der Waals surface area (Å²) in [5.41, 5.74) is 0. The molecule has 0 aliphatic carbocycles. The number of hydrogen-bond acceptors (Lipinski definition) is 4. The van der Waals surface area contributed by atoms with Gasteiger partial charge in [-0.2, -0.15) is 23.5 Å². The van der Waals surface area contributed by atoms with Gasteiger partial charge in [0.1, 0.15) is 0 Å². The van der Waals surface area contributed by atoms with Crippen LogP contribution in [-0.2, 0) is 6.42 Å². The molecule has 1 aromatic heterocycles. The average Bonchev–Trinajstić information content (AvgIpc) is 2.82. The largest absolute Gasteiger partial charge is 0.316 e. The zero-order chi connectivity index (χ0) is 12.3. The van der Waals surface area contributed by atoms with E-state index in [1.807, 2.05) is 11.3 Å². The van der Waals surface area contributed by atoms with Crippen LogP contribution in [0, 0.1) is 0 Å². The number of hydrogen-bond donors (Lipinski definition) is 1. The molecule has 0 radical (unpaired) electrons. The molecule has 17 heavy (non-hydrogen) atoms. The van der Waals surface area contributed by atoms with Crippen molar-refractivity contribution in [1.82, 2.24) is 5.32 Å². The monoisotopic (exact) mass is 287 g/mol. The lowest BCUT2D eigenvalue weighted by Gasteiger charge is -2.35. The zero-order valence-corrected chi connectivity index (χ0v) is 13.1. The van der Waals surface area contributed by atoms with Crippen LogP contribution in [0.5, 0.6) is 0 Å². The van der Waals surface area contributed by atoms with Crippen LogP contribution in [0.1, 0.15) is 18.7 Å². The number of thioether (sulfide) groups is 2. The summed E-state index contributed by atoms with van der Waals surface area (Å²) in [7, 11) is 2.10. The minimum Gasteiger partial charge on any atom is -0.316 e. The molecule has 4 unspecified atom stereocenters. The molecule has 1 N–H and O–H groups in total. The first kappa shape index (κ1) is 13.8. The Kier molecular flexibility index (Phi) is 5.27. The van der Waals surface area contributed by atoms with E-state index in [0.717, 1.165) is 15.7 Å². The summed E-state index contributed by atoms with van der Waals surface area (Å²) in [4.78, 5) is 1.50. The van der Waals surface area contributed by atoms with Crippen molar-refractivity contribution in [2.45, 2.75) is 42.1 Å². The van der Waals surface area contributed by atoms with Gasteiger partial charge in [-0.05, 0) is 24.9 Å². The van der Waals surface area contributed by atoms with Gasteiger partial charge in [0.05, 0.1) is 0 Å². The highest BCUT2D eigenvalue weighted by atomic mass is 32.2. The second kappa shape index (κ2) is 6.50. The highest BCUT2D eigenvalue weighted by molar-refractivity contribution is 8.07. The Labute approximate surface area is 117 Å². The third kappa shape index (κ3) is 3.66. The van der Waals surface area contributed by atoms with Crippen LogP contribution < -0.4 is 5.32 Å². The van der Waals surface area contributed by atoms with Crippen molar-refractivity contribution in [3.8, 4) is 0 Å². The Bertz CT molecular complexity index is 325. The molecule has 0 aromatic carbocycles. The topological polar surface area (TPSA) is 12.0 Å². The molecule has 0 spiro atoms. The summed E-state index contributed by atoms with van der Waals surface area (Å²) in [6.45, 7) is 4.72. The lowest BCUT2D eigenvalue weighted by molar-refractivity contribution is 0.557. The lowest BCUT2D eigenvalue weighted by Crippen LogP contribution is -2.43. The second-order valence-corrected chi connectivity index (χ2v) is 8.66. The summed E-state index contributed by atoms with van der Waals surface area (Å²) in [6.07, 6.45) is 1.17. The van der Waals surface area contributed by atoms with E-state index in [1.54, 1.807) is 0 Å². The van der Waals surface area contributed by atoms with Gasteiger partial charge in [-0.3, -0.25) is 0 Å². The fraction of sp³-hybridized carbons (Fsp3) is 0.692. The van der Waals surface area contributed by atoms with Crippen LogP contribution >= 0.6 is 34.9 Å². The van der Waals surface area contributed by atoms with Gasteiger partial charge in [0.2, 0.25) is 0 Å². The molecule has 2 heterocycles. The second-order valence-electron chi connectivity index (χ2n) is 4.60. The number of rotatable bonds is 4. The fourth-order valence-corrected chi connectivity index (χ4v) is 6.02. The molecule has 1 fully saturated rings. The van der Waals surface area contributed by atoms with E-state index in [1.165, 1.54) is 17.1 Å². The standard InChI is InChI=1S/C13H21NS3/c1-9-10(2)17-13(8-16-9)12(14-3)7-11-5-4-6-15-11/h4-6,9-10,12-14H,7-8H2,1-3H3. The van der Waals surface area contributed by atoms with Gasteiger partial charge in [-0.15, -0.1) is 11.3 Å². The third-order valence-electron chi connectivity index (χ3n) is 3.39. The predicted octanol–water partition coefficient (Wildman–Crippen LogP) is 3.50. The van der Waals surface area contributed by atoms with Gasteiger partial charge in [0.15, 0.2) is 0 Å². The molecule has 1 nitrogen and oxygen atoms in total. The fourth-order valence-electron chi connectivity index (χ4n) is 2.08. The maximum atomic E-state index is 3.52. The van der Waals surface area contributed by atoms with E-state index in [0.29, 0.717) is 6.04 Å². The number of likely N-dealkylation sites (N-methyl/N-ethyl adjacent to an activating group) is 1. The van der Waals surface area contributed by atoms with Gasteiger partial charge in [0.25, 0.3) is 0 Å². The normalized spacial score (nSPS) is 31.4. The Morgan fingerprint density at radius 3 is 2.82 bits per heavy atom. The Balaban J connectivity index is 1.94. The molecule has 1 aliphatic heterocycles. The van der Waals surface area contributed by atoms with Gasteiger partial charge < -0.3 is 5.32 Å². The van der Waals surface area contributed by atoms with Gasteiger partial charge in [-0.25, -0.2) is 0 Å². The summed E-state index contributed by atoms with van der Waals surface area (Å²) in [5, 5.41) is 8.02. The molecule has 4 atom stereocenters. The minimum atomic E-state index is 0.612. The highest BCUT2D eigenvalue weighted by Crippen LogP contribution is 2.37. The Morgan fingerprint density at radius 2 is 2.24 bits per heavy atom. The predicted molar refractivity (Wildman–Crippen MR) is 83.6 cm³/mol. The van der Waals surface area contributed by atoms with Crippen LogP contribution in [0.2, 0.25) is 0 Å². The molecular weight excluding hydrogens is 266 g/mol. The summed E-state index contributed by atoms with van der Waals surface area (Å²) in [5.74, 6) is 1.28. The molecule has 1 aliphatic rings. The van der Waals surface area contributed by atoms with Crippen molar-refractivity contribution >= 4 is 34.9 Å². The van der Waals surface area contributed by atoms with Crippen molar-refractivity contribution in [2.75, 3.05) is 12.8 Å². The van der Waals surface area contributed by atoms with Crippen molar-refractivity contribution in [3.63, 3.8) is 0 Å². The smallest absolute Gasteiger partial charge is 0.0298 e. The molecule has 0 bridgehead atoms. The minimum absolute atomic E-state index is 0.612. The molecule has 2 rings (SSSR count). The quantitative estimate of drug-likeness (QED) is 0.910. The summed E-state index contributed by atoms with van der Waals surface area (Å²) >= 11 is 6.18. The molecular formula is C13H21NS3. The van der Waals surface area contributed by atoms with E-state index >= 15 is 0 Å². The van der Waals surface area contributed by atoms with Gasteiger partial charge in [0, 0.05) is 32.4 Å². The third-order valence-corrected chi connectivity index (χ3v) is 7.84. The summed E-state index contributed by atoms with van der Waals surface area (Å²) in [6, 6.07) is 5.02. The van der Waals surface area contributed by atoms with Crippen molar-refractivity contribution in [2.24, 2.45) is 0 Å². The lowest BCUT2D eigenvalue weighted by atomic mass is 10.1. The molecule has 96 valence electrons. The summed E-state index contributed by atoms with van der Waals surface area (Å²) < 4.78 is 0. The van der Waals surface area contributed by atoms with Crippen LogP contribution in [0.25, 0.3) is 0 Å². The zero-order valence-electron chi connectivity index (χ0n) is 10.7. The average molecular weight is 288 g/mol. The number of thiophene rings is 1. The van der Waals surface area contributed by atoms with Crippen molar-refractivity contribution in [1.29, 1.82) is 0 Å². The van der Waals surface area contributed by atoms with E-state index in [9.17, 15) is 0 Å². The van der Waals surface area contributed by atoms with Crippen LogP contribution in [0.4, 0.5) is 0 Å². The molecule has 4 heteroatoms. The van der Waals surface area contributed by atoms with Crippen molar-refractivity contribution < 1.29 is 0 Å². The van der Waals surface area contributed by atoms with E-state index in [4.69, 9.17) is 0 Å². The van der Waals surface area contributed by atoms with Crippen LogP contribution in [-0.4, -0.2) is 34.6 Å². The molecule has 1 saturated heterocycles. The van der Waals surface area contributed by atoms with Crippen molar-refractivity contribution in [3.05, 3.63) is 22.4 Å². The maximum Gasteiger partial charge on any atom is 0.0298 e. The number of nitrogens with one attached hydrogen (secondary N) is 1. The molecule has 0 amide bonds. The van der Waals surface area contributed by atoms with Gasteiger partial charge in [-0.1, -0.05) is 19.9 Å². The Hall–Kier alpha value is 0.360. The highest BCUT2D eigenvalue weighted by Gasteiger charge is 2.30. The molecule has 1 aromatic rings. The Morgan fingerprint density at radius 1 is 1.41 bits per heavy atom. The molecule has 0 saturated carbocycles. The van der Waals surface area contributed by atoms with Crippen LogP contribution in [0.3, 0.4) is 0 Å². The first-order chi connectivity index (χ1) is 8.20. The maximum absolute atomic E-state index is 3.52. The van der Waals surface area contributed by atoms with Gasteiger partial charge >= 0.3 is 0 Å². The first-order valence-corrected chi connectivity index (χ1v) is 9.04.